The third-order valence-corrected chi connectivity index (χ3v) is 4.71. The molecule has 0 atom stereocenters. The van der Waals surface area contributed by atoms with Gasteiger partial charge < -0.3 is 19.0 Å². The number of carbonyl (C=O) groups excluding carboxylic acids is 1. The van der Waals surface area contributed by atoms with Crippen molar-refractivity contribution in [1.82, 2.24) is 5.16 Å². The molecular formula is C20H20N2O5. The van der Waals surface area contributed by atoms with E-state index in [1.165, 1.54) is 0 Å². The smallest absolute Gasteiger partial charge is 0.339 e. The van der Waals surface area contributed by atoms with Gasteiger partial charge in [-0.15, -0.1) is 0 Å². The van der Waals surface area contributed by atoms with Crippen molar-refractivity contribution in [3.05, 3.63) is 51.6 Å². The number of hydrogen-bond acceptors (Lipinski definition) is 6. The molecule has 1 aromatic carbocycles. The van der Waals surface area contributed by atoms with E-state index < -0.39 is 0 Å². The van der Waals surface area contributed by atoms with Crippen molar-refractivity contribution < 1.29 is 18.5 Å². The Kier molecular flexibility index (Phi) is 4.66. The molecule has 7 heteroatoms. The molecule has 0 aliphatic heterocycles. The zero-order valence-corrected chi connectivity index (χ0v) is 15.0. The fraction of sp³-hybridized carbons (Fsp3) is 0.350. The second-order valence-electron chi connectivity index (χ2n) is 6.72. The molecule has 140 valence electrons. The third-order valence-electron chi connectivity index (χ3n) is 4.71. The van der Waals surface area contributed by atoms with Gasteiger partial charge in [-0.1, -0.05) is 11.6 Å². The Morgan fingerprint density at radius 2 is 2.00 bits per heavy atom. The highest BCUT2D eigenvalue weighted by molar-refractivity contribution is 5.91. The van der Waals surface area contributed by atoms with Crippen molar-refractivity contribution in [2.24, 2.45) is 0 Å². The van der Waals surface area contributed by atoms with E-state index in [0.717, 1.165) is 48.6 Å². The molecule has 0 spiro atoms. The van der Waals surface area contributed by atoms with E-state index in [1.54, 1.807) is 25.1 Å². The summed E-state index contributed by atoms with van der Waals surface area (Å²) in [7, 11) is 0. The van der Waals surface area contributed by atoms with Crippen LogP contribution in [0.4, 0.5) is 5.82 Å². The molecule has 0 saturated heterocycles. The first-order valence-corrected chi connectivity index (χ1v) is 9.05. The number of hydrogen-bond donors (Lipinski definition) is 1. The average Bonchev–Trinajstić information content (AvgIpc) is 2.91. The van der Waals surface area contributed by atoms with Crippen LogP contribution in [-0.2, 0) is 17.6 Å². The van der Waals surface area contributed by atoms with Gasteiger partial charge in [0.2, 0.25) is 0 Å². The number of nitrogens with zero attached hydrogens (tertiary/aromatic N) is 1. The van der Waals surface area contributed by atoms with Gasteiger partial charge in [0.15, 0.2) is 12.4 Å². The lowest BCUT2D eigenvalue weighted by atomic mass is 10.0. The summed E-state index contributed by atoms with van der Waals surface area (Å²) >= 11 is 0. The van der Waals surface area contributed by atoms with Crippen LogP contribution in [0.1, 0.15) is 36.1 Å². The van der Waals surface area contributed by atoms with Crippen LogP contribution in [0.15, 0.2) is 38.0 Å². The van der Waals surface area contributed by atoms with E-state index in [4.69, 9.17) is 13.7 Å². The Balaban J connectivity index is 1.51. The molecule has 2 heterocycles. The third kappa shape index (κ3) is 3.72. The number of fused-ring (bicyclic) bond motifs is 3. The zero-order chi connectivity index (χ0) is 18.8. The summed E-state index contributed by atoms with van der Waals surface area (Å²) in [6.07, 6.45) is 4.87. The second kappa shape index (κ2) is 7.26. The summed E-state index contributed by atoms with van der Waals surface area (Å²) in [5.74, 6) is 1.06. The number of rotatable bonds is 4. The number of benzene rings is 1. The molecule has 27 heavy (non-hydrogen) atoms. The topological polar surface area (TPSA) is 94.6 Å². The largest absolute Gasteiger partial charge is 0.484 e. The number of aryl methyl sites for hydroxylation is 2. The standard InChI is InChI=1S/C20H20N2O5/c1-12-9-18(22-27-12)21-19(23)11-25-13-7-8-15-14-5-3-2-4-6-16(14)20(24)26-17(15)10-13/h7-10H,2-6,11H2,1H3,(H,21,22,23). The first-order chi connectivity index (χ1) is 13.1. The predicted molar refractivity (Wildman–Crippen MR) is 99.1 cm³/mol. The van der Waals surface area contributed by atoms with Crippen molar-refractivity contribution >= 4 is 22.7 Å². The maximum atomic E-state index is 12.3. The van der Waals surface area contributed by atoms with Crippen molar-refractivity contribution in [3.8, 4) is 5.75 Å². The van der Waals surface area contributed by atoms with Crippen LogP contribution in [-0.4, -0.2) is 17.7 Å². The van der Waals surface area contributed by atoms with Gasteiger partial charge in [0.25, 0.3) is 5.91 Å². The molecule has 1 N–H and O–H groups in total. The maximum absolute atomic E-state index is 12.3. The molecule has 1 aliphatic rings. The lowest BCUT2D eigenvalue weighted by Gasteiger charge is -2.10. The van der Waals surface area contributed by atoms with Crippen molar-refractivity contribution in [2.75, 3.05) is 11.9 Å². The van der Waals surface area contributed by atoms with Gasteiger partial charge in [0.05, 0.1) is 0 Å². The van der Waals surface area contributed by atoms with E-state index in [1.807, 2.05) is 6.07 Å². The van der Waals surface area contributed by atoms with Crippen LogP contribution >= 0.6 is 0 Å². The summed E-state index contributed by atoms with van der Waals surface area (Å²) in [5, 5.41) is 7.23. The first kappa shape index (κ1) is 17.3. The molecule has 0 saturated carbocycles. The molecule has 0 radical (unpaired) electrons. The second-order valence-corrected chi connectivity index (χ2v) is 6.72. The zero-order valence-electron chi connectivity index (χ0n) is 15.0. The molecule has 3 aromatic rings. The molecule has 0 unspecified atom stereocenters. The van der Waals surface area contributed by atoms with Gasteiger partial charge in [-0.05, 0) is 50.3 Å². The van der Waals surface area contributed by atoms with Crippen LogP contribution in [0.2, 0.25) is 0 Å². The van der Waals surface area contributed by atoms with Crippen LogP contribution in [0.3, 0.4) is 0 Å². The van der Waals surface area contributed by atoms with E-state index in [2.05, 4.69) is 10.5 Å². The summed E-state index contributed by atoms with van der Waals surface area (Å²) in [4.78, 5) is 24.3. The average molecular weight is 368 g/mol. The summed E-state index contributed by atoms with van der Waals surface area (Å²) in [6, 6.07) is 6.97. The van der Waals surface area contributed by atoms with Crippen molar-refractivity contribution in [3.63, 3.8) is 0 Å². The molecule has 4 rings (SSSR count). The highest BCUT2D eigenvalue weighted by Crippen LogP contribution is 2.28. The minimum atomic E-state index is -0.355. The van der Waals surface area contributed by atoms with Gasteiger partial charge in [0, 0.05) is 23.1 Å². The lowest BCUT2D eigenvalue weighted by molar-refractivity contribution is -0.118. The summed E-state index contributed by atoms with van der Waals surface area (Å²) in [5.41, 5.74) is 2.11. The Morgan fingerprint density at radius 1 is 1.19 bits per heavy atom. The molecule has 0 bridgehead atoms. The number of amides is 1. The molecule has 2 aromatic heterocycles. The highest BCUT2D eigenvalue weighted by Gasteiger charge is 2.17. The van der Waals surface area contributed by atoms with Crippen molar-refractivity contribution in [2.45, 2.75) is 39.0 Å². The minimum absolute atomic E-state index is 0.188. The molecule has 0 fully saturated rings. The lowest BCUT2D eigenvalue weighted by Crippen LogP contribution is -2.20. The molecule has 1 aliphatic carbocycles. The summed E-state index contributed by atoms with van der Waals surface area (Å²) in [6.45, 7) is 1.55. The molecule has 1 amide bonds. The van der Waals surface area contributed by atoms with Crippen LogP contribution in [0, 0.1) is 6.92 Å². The Bertz CT molecular complexity index is 1050. The van der Waals surface area contributed by atoms with Gasteiger partial charge >= 0.3 is 5.63 Å². The van der Waals surface area contributed by atoms with Gasteiger partial charge in [-0.2, -0.15) is 0 Å². The van der Waals surface area contributed by atoms with Gasteiger partial charge in [-0.25, -0.2) is 4.79 Å². The van der Waals surface area contributed by atoms with E-state index in [-0.39, 0.29) is 18.1 Å². The first-order valence-electron chi connectivity index (χ1n) is 9.05. The normalized spacial score (nSPS) is 13.8. The number of anilines is 1. The number of ether oxygens (including phenoxy) is 1. The number of aromatic nitrogens is 1. The quantitative estimate of drug-likeness (QED) is 0.560. The van der Waals surface area contributed by atoms with Crippen LogP contribution < -0.4 is 15.7 Å². The molecule has 7 nitrogen and oxygen atoms in total. The Labute approximate surface area is 155 Å². The monoisotopic (exact) mass is 368 g/mol. The highest BCUT2D eigenvalue weighted by atomic mass is 16.5. The van der Waals surface area contributed by atoms with Gasteiger partial charge in [0.1, 0.15) is 17.1 Å². The number of nitrogens with one attached hydrogen (secondary N) is 1. The van der Waals surface area contributed by atoms with Crippen LogP contribution in [0.25, 0.3) is 11.0 Å². The summed E-state index contributed by atoms with van der Waals surface area (Å²) < 4.78 is 15.9. The fourth-order valence-corrected chi connectivity index (χ4v) is 3.45. The minimum Gasteiger partial charge on any atom is -0.484 e. The predicted octanol–water partition coefficient (Wildman–Crippen LogP) is 3.38. The van der Waals surface area contributed by atoms with Crippen molar-refractivity contribution in [1.29, 1.82) is 0 Å². The van der Waals surface area contributed by atoms with E-state index in [0.29, 0.717) is 22.9 Å². The SMILES string of the molecule is Cc1cc(NC(=O)COc2ccc3c4c(c(=O)oc3c2)CCCCC4)no1. The Hall–Kier alpha value is -3.09. The van der Waals surface area contributed by atoms with E-state index in [9.17, 15) is 9.59 Å². The molecular weight excluding hydrogens is 348 g/mol. The van der Waals surface area contributed by atoms with E-state index >= 15 is 0 Å². The van der Waals surface area contributed by atoms with Crippen LogP contribution in [0.5, 0.6) is 5.75 Å². The number of carbonyl (C=O) groups is 1. The Morgan fingerprint density at radius 3 is 2.78 bits per heavy atom. The fourth-order valence-electron chi connectivity index (χ4n) is 3.45. The maximum Gasteiger partial charge on any atom is 0.339 e. The van der Waals surface area contributed by atoms with Gasteiger partial charge in [-0.3, -0.25) is 4.79 Å².